The molecule has 2 rings (SSSR count). The summed E-state index contributed by atoms with van der Waals surface area (Å²) in [6, 6.07) is 0. The van der Waals surface area contributed by atoms with Crippen LogP contribution >= 0.6 is 0 Å². The minimum Gasteiger partial charge on any atom is -0.396 e. The Balaban J connectivity index is 2.18. The molecule has 0 aromatic carbocycles. The Morgan fingerprint density at radius 2 is 2.29 bits per heavy atom. The molecule has 0 fully saturated rings. The van der Waals surface area contributed by atoms with E-state index < -0.39 is 0 Å². The van der Waals surface area contributed by atoms with Crippen LogP contribution in [0.25, 0.3) is 5.57 Å². The third-order valence-corrected chi connectivity index (χ3v) is 2.59. The predicted molar refractivity (Wildman–Crippen MR) is 65.2 cm³/mol. The van der Waals surface area contributed by atoms with Gasteiger partial charge in [0.25, 0.3) is 0 Å². The fourth-order valence-corrected chi connectivity index (χ4v) is 1.65. The van der Waals surface area contributed by atoms with E-state index in [4.69, 9.17) is 9.63 Å². The van der Waals surface area contributed by atoms with Crippen molar-refractivity contribution in [1.29, 1.82) is 0 Å². The fraction of sp³-hybridized carbons (Fsp3) is 0.385. The second kappa shape index (κ2) is 5.59. The summed E-state index contributed by atoms with van der Waals surface area (Å²) in [6.45, 7) is 2.15. The Labute approximate surface area is 100 Å². The van der Waals surface area contributed by atoms with Crippen LogP contribution in [-0.4, -0.2) is 21.9 Å². The maximum atomic E-state index is 8.79. The van der Waals surface area contributed by atoms with Crippen LogP contribution in [0.15, 0.2) is 34.4 Å². The summed E-state index contributed by atoms with van der Waals surface area (Å²) >= 11 is 0. The SMILES string of the molecule is C/C1=C/C/C=C(c2noc(CCO)n2)\C=C/C1. The quantitative estimate of drug-likeness (QED) is 0.812. The standard InChI is InChI=1S/C13H16N2O2/c1-10-4-2-6-11(7-3-5-10)13-14-12(8-9-16)17-15-13/h2,5-7,16H,3-4,8-9H2,1H3/b6-2-,10-5-,11-7+. The molecule has 0 saturated carbocycles. The van der Waals surface area contributed by atoms with Gasteiger partial charge in [0.2, 0.25) is 11.7 Å². The molecule has 0 radical (unpaired) electrons. The lowest BCUT2D eigenvalue weighted by Gasteiger charge is -2.01. The zero-order valence-electron chi connectivity index (χ0n) is 9.89. The lowest BCUT2D eigenvalue weighted by Crippen LogP contribution is -1.91. The molecule has 0 amide bonds. The summed E-state index contributed by atoms with van der Waals surface area (Å²) in [4.78, 5) is 4.24. The van der Waals surface area contributed by atoms with Gasteiger partial charge in [0.05, 0.1) is 13.0 Å². The van der Waals surface area contributed by atoms with E-state index in [9.17, 15) is 0 Å². The third-order valence-electron chi connectivity index (χ3n) is 2.59. The highest BCUT2D eigenvalue weighted by atomic mass is 16.5. The van der Waals surface area contributed by atoms with Gasteiger partial charge in [-0.15, -0.1) is 0 Å². The van der Waals surface area contributed by atoms with Crippen molar-refractivity contribution in [2.75, 3.05) is 6.61 Å². The molecule has 90 valence electrons. The molecule has 1 N–H and O–H groups in total. The lowest BCUT2D eigenvalue weighted by atomic mass is 10.1. The minimum absolute atomic E-state index is 0.0262. The fourth-order valence-electron chi connectivity index (χ4n) is 1.65. The maximum absolute atomic E-state index is 8.79. The van der Waals surface area contributed by atoms with Crippen LogP contribution in [0.2, 0.25) is 0 Å². The molecule has 1 aromatic rings. The van der Waals surface area contributed by atoms with Gasteiger partial charge in [-0.25, -0.2) is 0 Å². The van der Waals surface area contributed by atoms with Crippen molar-refractivity contribution in [2.45, 2.75) is 26.2 Å². The van der Waals surface area contributed by atoms with Crippen molar-refractivity contribution in [3.05, 3.63) is 41.6 Å². The van der Waals surface area contributed by atoms with Crippen molar-refractivity contribution < 1.29 is 9.63 Å². The largest absolute Gasteiger partial charge is 0.396 e. The number of aliphatic hydroxyl groups excluding tert-OH is 1. The van der Waals surface area contributed by atoms with Crippen LogP contribution in [0.3, 0.4) is 0 Å². The van der Waals surface area contributed by atoms with Gasteiger partial charge in [0.1, 0.15) is 0 Å². The van der Waals surface area contributed by atoms with Crippen molar-refractivity contribution >= 4 is 5.57 Å². The van der Waals surface area contributed by atoms with E-state index in [0.29, 0.717) is 18.1 Å². The molecule has 0 unspecified atom stereocenters. The predicted octanol–water partition coefficient (Wildman–Crippen LogP) is 2.28. The summed E-state index contributed by atoms with van der Waals surface area (Å²) in [5.41, 5.74) is 2.34. The summed E-state index contributed by atoms with van der Waals surface area (Å²) < 4.78 is 5.04. The van der Waals surface area contributed by atoms with Gasteiger partial charge in [-0.3, -0.25) is 0 Å². The van der Waals surface area contributed by atoms with E-state index in [1.165, 1.54) is 5.57 Å². The summed E-state index contributed by atoms with van der Waals surface area (Å²) in [7, 11) is 0. The number of aliphatic hydroxyl groups is 1. The van der Waals surface area contributed by atoms with Gasteiger partial charge >= 0.3 is 0 Å². The lowest BCUT2D eigenvalue weighted by molar-refractivity contribution is 0.274. The van der Waals surface area contributed by atoms with E-state index in [-0.39, 0.29) is 6.61 Å². The molecule has 1 aromatic heterocycles. The number of allylic oxidation sites excluding steroid dienone is 6. The Morgan fingerprint density at radius 1 is 1.41 bits per heavy atom. The first-order valence-electron chi connectivity index (χ1n) is 5.75. The highest BCUT2D eigenvalue weighted by Crippen LogP contribution is 2.18. The highest BCUT2D eigenvalue weighted by molar-refractivity contribution is 5.69. The van der Waals surface area contributed by atoms with Crippen molar-refractivity contribution in [3.63, 3.8) is 0 Å². The van der Waals surface area contributed by atoms with Gasteiger partial charge in [-0.05, 0) is 19.8 Å². The number of aromatic nitrogens is 2. The summed E-state index contributed by atoms with van der Waals surface area (Å²) in [5.74, 6) is 1.07. The van der Waals surface area contributed by atoms with Gasteiger partial charge in [-0.2, -0.15) is 4.98 Å². The average Bonchev–Trinajstić information content (AvgIpc) is 2.72. The average molecular weight is 232 g/mol. The second-order valence-corrected chi connectivity index (χ2v) is 4.04. The van der Waals surface area contributed by atoms with Crippen molar-refractivity contribution in [1.82, 2.24) is 10.1 Å². The van der Waals surface area contributed by atoms with E-state index >= 15 is 0 Å². The second-order valence-electron chi connectivity index (χ2n) is 4.04. The third kappa shape index (κ3) is 3.14. The molecule has 0 aliphatic heterocycles. The van der Waals surface area contributed by atoms with Gasteiger partial charge < -0.3 is 9.63 Å². The number of hydrogen-bond donors (Lipinski definition) is 1. The van der Waals surface area contributed by atoms with Crippen LogP contribution in [0.4, 0.5) is 0 Å². The smallest absolute Gasteiger partial charge is 0.229 e. The van der Waals surface area contributed by atoms with Crippen LogP contribution in [0, 0.1) is 0 Å². The van der Waals surface area contributed by atoms with Crippen molar-refractivity contribution in [2.24, 2.45) is 0 Å². The van der Waals surface area contributed by atoms with Gasteiger partial charge in [0.15, 0.2) is 0 Å². The first-order valence-corrected chi connectivity index (χ1v) is 5.75. The molecule has 4 nitrogen and oxygen atoms in total. The molecular weight excluding hydrogens is 216 g/mol. The molecule has 0 spiro atoms. The van der Waals surface area contributed by atoms with Crippen molar-refractivity contribution in [3.8, 4) is 0 Å². The zero-order chi connectivity index (χ0) is 12.1. The maximum Gasteiger partial charge on any atom is 0.229 e. The van der Waals surface area contributed by atoms with E-state index in [1.54, 1.807) is 0 Å². The van der Waals surface area contributed by atoms with E-state index in [1.807, 2.05) is 6.08 Å². The van der Waals surface area contributed by atoms with Crippen LogP contribution < -0.4 is 0 Å². The van der Waals surface area contributed by atoms with Gasteiger partial charge in [-0.1, -0.05) is 35.0 Å². The molecule has 1 heterocycles. The van der Waals surface area contributed by atoms with Crippen LogP contribution in [-0.2, 0) is 6.42 Å². The Morgan fingerprint density at radius 3 is 3.12 bits per heavy atom. The Hall–Kier alpha value is -1.68. The highest BCUT2D eigenvalue weighted by Gasteiger charge is 2.08. The first-order chi connectivity index (χ1) is 8.29. The molecule has 1 aliphatic carbocycles. The number of hydrogen-bond acceptors (Lipinski definition) is 4. The zero-order valence-corrected chi connectivity index (χ0v) is 9.89. The molecule has 17 heavy (non-hydrogen) atoms. The Kier molecular flexibility index (Phi) is 3.88. The minimum atomic E-state index is 0.0262. The van der Waals surface area contributed by atoms with Gasteiger partial charge in [0, 0.05) is 5.57 Å². The van der Waals surface area contributed by atoms with Crippen LogP contribution in [0.1, 0.15) is 31.5 Å². The molecule has 1 aliphatic rings. The molecule has 0 saturated heterocycles. The number of rotatable bonds is 3. The normalized spacial score (nSPS) is 24.1. The molecule has 4 heteroatoms. The molecular formula is C13H16N2O2. The first kappa shape index (κ1) is 11.8. The molecule has 0 atom stereocenters. The van der Waals surface area contributed by atoms with Crippen LogP contribution in [0.5, 0.6) is 0 Å². The number of nitrogens with zero attached hydrogens (tertiary/aromatic N) is 2. The summed E-state index contributed by atoms with van der Waals surface area (Å²) in [6.07, 6.45) is 10.6. The monoisotopic (exact) mass is 232 g/mol. The summed E-state index contributed by atoms with van der Waals surface area (Å²) in [5, 5.41) is 12.7. The van der Waals surface area contributed by atoms with E-state index in [2.05, 4.69) is 35.3 Å². The molecule has 0 bridgehead atoms. The van der Waals surface area contributed by atoms with E-state index in [0.717, 1.165) is 18.4 Å². The topological polar surface area (TPSA) is 59.2 Å². The Bertz CT molecular complexity index is 470.